The summed E-state index contributed by atoms with van der Waals surface area (Å²) < 4.78 is 35.2. The Morgan fingerprint density at radius 3 is 1.64 bits per heavy atom. The Kier molecular flexibility index (Phi) is 4.33. The molecule has 0 aromatic rings. The second-order valence-corrected chi connectivity index (χ2v) is 1.79. The topological polar surface area (TPSA) is 37.3 Å². The summed E-state index contributed by atoms with van der Waals surface area (Å²) in [7, 11) is 0. The fraction of sp³-hybridized carbons (Fsp3) is 0.500. The molecule has 0 heterocycles. The molecule has 0 aliphatic carbocycles. The van der Waals surface area contributed by atoms with E-state index in [0.29, 0.717) is 0 Å². The highest BCUT2D eigenvalue weighted by Gasteiger charge is 2.13. The van der Waals surface area contributed by atoms with Crippen molar-refractivity contribution in [2.45, 2.75) is 0 Å². The molecule has 5 heteroatoms. The summed E-state index contributed by atoms with van der Waals surface area (Å²) in [5, 5.41) is 8.17. The molecular weight excluding hydrogens is 161 g/mol. The predicted octanol–water partition coefficient (Wildman–Crippen LogP) is 1.28. The molecule has 0 aromatic heterocycles. The molecule has 64 valence electrons. The molecule has 11 heavy (non-hydrogen) atoms. The van der Waals surface area contributed by atoms with Crippen LogP contribution in [0.15, 0.2) is 11.1 Å². The smallest absolute Gasteiger partial charge is 0.334 e. The molecule has 0 aromatic carbocycles. The lowest BCUT2D eigenvalue weighted by atomic mass is 10.1. The Bertz CT molecular complexity index is 171. The van der Waals surface area contributed by atoms with Gasteiger partial charge in [-0.15, -0.1) is 0 Å². The lowest BCUT2D eigenvalue weighted by Crippen LogP contribution is -2.08. The third-order valence-corrected chi connectivity index (χ3v) is 1.14. The first kappa shape index (κ1) is 10.0. The number of carboxylic acids is 1. The van der Waals surface area contributed by atoms with Crippen molar-refractivity contribution in [2.75, 3.05) is 20.0 Å². The fourth-order valence-electron chi connectivity index (χ4n) is 0.500. The normalized spacial score (nSPS) is 9.36. The van der Waals surface area contributed by atoms with Crippen molar-refractivity contribution < 1.29 is 23.1 Å². The Labute approximate surface area is 61.3 Å². The summed E-state index contributed by atoms with van der Waals surface area (Å²) in [5.74, 6) is -1.61. The third kappa shape index (κ3) is 2.61. The van der Waals surface area contributed by atoms with Crippen LogP contribution in [0.1, 0.15) is 0 Å². The highest BCUT2D eigenvalue weighted by molar-refractivity contribution is 5.87. The quantitative estimate of drug-likeness (QED) is 0.642. The summed E-state index contributed by atoms with van der Waals surface area (Å²) in [6.07, 6.45) is 0. The summed E-state index contributed by atoms with van der Waals surface area (Å²) in [6, 6.07) is 0. The van der Waals surface area contributed by atoms with Gasteiger partial charge in [-0.1, -0.05) is 0 Å². The largest absolute Gasteiger partial charge is 0.478 e. The monoisotopic (exact) mass is 168 g/mol. The number of carboxylic acid groups (broad SMARTS) is 1. The first-order valence-corrected chi connectivity index (χ1v) is 2.79. The maximum Gasteiger partial charge on any atom is 0.334 e. The Morgan fingerprint density at radius 2 is 1.55 bits per heavy atom. The van der Waals surface area contributed by atoms with E-state index in [2.05, 4.69) is 0 Å². The van der Waals surface area contributed by atoms with Crippen molar-refractivity contribution in [1.82, 2.24) is 0 Å². The highest BCUT2D eigenvalue weighted by atomic mass is 19.1. The van der Waals surface area contributed by atoms with Gasteiger partial charge >= 0.3 is 5.97 Å². The van der Waals surface area contributed by atoms with E-state index in [1.165, 1.54) is 0 Å². The minimum absolute atomic E-state index is 0.639. The van der Waals surface area contributed by atoms with Gasteiger partial charge < -0.3 is 5.11 Å². The molecule has 1 N–H and O–H groups in total. The van der Waals surface area contributed by atoms with Crippen molar-refractivity contribution in [2.24, 2.45) is 0 Å². The summed E-state index contributed by atoms with van der Waals surface area (Å²) >= 11 is 0. The van der Waals surface area contributed by atoms with Gasteiger partial charge in [0.15, 0.2) is 0 Å². The number of hydrogen-bond acceptors (Lipinski definition) is 1. The van der Waals surface area contributed by atoms with Crippen molar-refractivity contribution in [3.05, 3.63) is 11.1 Å². The van der Waals surface area contributed by atoms with Gasteiger partial charge in [-0.3, -0.25) is 0 Å². The number of allylic oxidation sites excluding steroid dienone is 1. The first-order chi connectivity index (χ1) is 5.17. The molecule has 2 nitrogen and oxygen atoms in total. The maximum atomic E-state index is 11.8. The van der Waals surface area contributed by atoms with E-state index in [9.17, 15) is 18.0 Å². The zero-order valence-corrected chi connectivity index (χ0v) is 5.61. The van der Waals surface area contributed by atoms with Gasteiger partial charge in [0.2, 0.25) is 0 Å². The van der Waals surface area contributed by atoms with Crippen LogP contribution in [0, 0.1) is 0 Å². The number of carbonyl (C=O) groups is 1. The van der Waals surface area contributed by atoms with E-state index in [1.807, 2.05) is 0 Å². The fourth-order valence-corrected chi connectivity index (χ4v) is 0.500. The van der Waals surface area contributed by atoms with Crippen LogP contribution in [0.4, 0.5) is 13.2 Å². The summed E-state index contributed by atoms with van der Waals surface area (Å²) in [5.41, 5.74) is -1.46. The Balaban J connectivity index is 4.62. The molecule has 0 saturated heterocycles. The minimum Gasteiger partial charge on any atom is -0.478 e. The standard InChI is InChI=1S/C6H7F3O2/c7-1-4(2-8)5(3-9)6(10)11/h1-3H2,(H,10,11). The molecule has 0 fully saturated rings. The average molecular weight is 168 g/mol. The SMILES string of the molecule is O=C(O)C(CF)=C(CF)CF. The number of halogens is 3. The molecule has 0 rings (SSSR count). The van der Waals surface area contributed by atoms with Crippen LogP contribution < -0.4 is 0 Å². The van der Waals surface area contributed by atoms with E-state index in [0.717, 1.165) is 0 Å². The van der Waals surface area contributed by atoms with Crippen LogP contribution in [0.2, 0.25) is 0 Å². The van der Waals surface area contributed by atoms with Crippen LogP contribution in [0.3, 0.4) is 0 Å². The van der Waals surface area contributed by atoms with Crippen LogP contribution in [-0.2, 0) is 4.79 Å². The van der Waals surface area contributed by atoms with Crippen molar-refractivity contribution in [3.8, 4) is 0 Å². The molecule has 0 unspecified atom stereocenters. The third-order valence-electron chi connectivity index (χ3n) is 1.14. The Hall–Kier alpha value is -1.00. The van der Waals surface area contributed by atoms with Crippen LogP contribution >= 0.6 is 0 Å². The van der Waals surface area contributed by atoms with Gasteiger partial charge in [-0.05, 0) is 0 Å². The minimum atomic E-state index is -1.61. The number of rotatable bonds is 4. The highest BCUT2D eigenvalue weighted by Crippen LogP contribution is 2.07. The van der Waals surface area contributed by atoms with Gasteiger partial charge in [-0.2, -0.15) is 0 Å². The summed E-state index contributed by atoms with van der Waals surface area (Å²) in [4.78, 5) is 10.1. The zero-order chi connectivity index (χ0) is 8.85. The predicted molar refractivity (Wildman–Crippen MR) is 32.6 cm³/mol. The molecule has 0 saturated carbocycles. The molecule has 0 amide bonds. The van der Waals surface area contributed by atoms with Gasteiger partial charge in [0.25, 0.3) is 0 Å². The van der Waals surface area contributed by atoms with Crippen LogP contribution in [0.25, 0.3) is 0 Å². The Morgan fingerprint density at radius 1 is 1.09 bits per heavy atom. The molecule has 0 bridgehead atoms. The molecular formula is C6H7F3O2. The lowest BCUT2D eigenvalue weighted by Gasteiger charge is -2.00. The molecule has 0 spiro atoms. The average Bonchev–Trinajstić information content (AvgIpc) is 1.99. The van der Waals surface area contributed by atoms with Crippen LogP contribution in [0.5, 0.6) is 0 Å². The van der Waals surface area contributed by atoms with E-state index in [-0.39, 0.29) is 0 Å². The van der Waals surface area contributed by atoms with Crippen molar-refractivity contribution in [3.63, 3.8) is 0 Å². The summed E-state index contributed by atoms with van der Waals surface area (Å²) in [6.45, 7) is -3.87. The molecule has 0 aliphatic heterocycles. The van der Waals surface area contributed by atoms with Gasteiger partial charge in [0, 0.05) is 5.57 Å². The van der Waals surface area contributed by atoms with Crippen molar-refractivity contribution >= 4 is 5.97 Å². The van der Waals surface area contributed by atoms with Gasteiger partial charge in [0.1, 0.15) is 20.0 Å². The molecule has 0 atom stereocenters. The number of alkyl halides is 3. The number of hydrogen-bond donors (Lipinski definition) is 1. The number of aliphatic carboxylic acids is 1. The van der Waals surface area contributed by atoms with E-state index in [4.69, 9.17) is 5.11 Å². The molecule has 0 aliphatic rings. The van der Waals surface area contributed by atoms with Gasteiger partial charge in [-0.25, -0.2) is 18.0 Å². The second kappa shape index (κ2) is 4.76. The van der Waals surface area contributed by atoms with Crippen molar-refractivity contribution in [1.29, 1.82) is 0 Å². The second-order valence-electron chi connectivity index (χ2n) is 1.79. The van der Waals surface area contributed by atoms with Crippen LogP contribution in [-0.4, -0.2) is 31.1 Å². The first-order valence-electron chi connectivity index (χ1n) is 2.79. The lowest BCUT2D eigenvalue weighted by molar-refractivity contribution is -0.133. The van der Waals surface area contributed by atoms with E-state index in [1.54, 1.807) is 0 Å². The molecule has 0 radical (unpaired) electrons. The van der Waals surface area contributed by atoms with Gasteiger partial charge in [0.05, 0.1) is 5.57 Å². The maximum absolute atomic E-state index is 11.8. The van der Waals surface area contributed by atoms with E-state index < -0.39 is 37.1 Å². The van der Waals surface area contributed by atoms with E-state index >= 15 is 0 Å². The zero-order valence-electron chi connectivity index (χ0n) is 5.61.